The van der Waals surface area contributed by atoms with E-state index >= 15 is 0 Å². The minimum absolute atomic E-state index is 0.340. The minimum Gasteiger partial charge on any atom is -0.496 e. The third-order valence-electron chi connectivity index (χ3n) is 6.33. The van der Waals surface area contributed by atoms with Gasteiger partial charge < -0.3 is 9.64 Å². The van der Waals surface area contributed by atoms with E-state index in [1.54, 1.807) is 30.5 Å². The van der Waals surface area contributed by atoms with Crippen molar-refractivity contribution in [3.8, 4) is 17.0 Å². The molecule has 0 saturated carbocycles. The molecular weight excluding hydrogens is 436 g/mol. The zero-order chi connectivity index (χ0) is 23.8. The summed E-state index contributed by atoms with van der Waals surface area (Å²) in [5.41, 5.74) is 5.83. The van der Waals surface area contributed by atoms with Crippen LogP contribution in [-0.4, -0.2) is 56.2 Å². The minimum atomic E-state index is -3.58. The Kier molecular flexibility index (Phi) is 6.41. The molecule has 33 heavy (non-hydrogen) atoms. The fraction of sp³-hybridized carbons (Fsp3) is 0.360. The summed E-state index contributed by atoms with van der Waals surface area (Å²) in [5.74, 6) is 1.45. The standard InChI is InChI=1S/C25H30N4O3S/c1-17-6-7-21(14-18(17)2)22-8-9-25(27-26-22)28-10-12-29(13-11-28)33(30,31)24-16-19(3)23(32-5)15-20(24)4/h6-9,14-16H,10-13H2,1-5H3. The molecule has 0 atom stereocenters. The molecule has 1 aromatic heterocycles. The lowest BCUT2D eigenvalue weighted by Crippen LogP contribution is -2.49. The summed E-state index contributed by atoms with van der Waals surface area (Å²) < 4.78 is 33.5. The Balaban J connectivity index is 1.46. The van der Waals surface area contributed by atoms with Gasteiger partial charge in [0.05, 0.1) is 17.7 Å². The van der Waals surface area contributed by atoms with Crippen molar-refractivity contribution in [2.75, 3.05) is 38.2 Å². The SMILES string of the molecule is COc1cc(C)c(S(=O)(=O)N2CCN(c3ccc(-c4ccc(C)c(C)c4)nn3)CC2)cc1C. The number of aromatic nitrogens is 2. The van der Waals surface area contributed by atoms with E-state index in [0.717, 1.165) is 22.6 Å². The number of aryl methyl sites for hydroxylation is 4. The molecule has 7 nitrogen and oxygen atoms in total. The van der Waals surface area contributed by atoms with Gasteiger partial charge in [-0.25, -0.2) is 8.42 Å². The second kappa shape index (κ2) is 9.11. The number of rotatable bonds is 5. The number of piperazine rings is 1. The molecule has 0 N–H and O–H groups in total. The molecule has 0 unspecified atom stereocenters. The largest absolute Gasteiger partial charge is 0.496 e. The highest BCUT2D eigenvalue weighted by molar-refractivity contribution is 7.89. The molecule has 1 saturated heterocycles. The number of ether oxygens (including phenoxy) is 1. The molecule has 1 aliphatic heterocycles. The van der Waals surface area contributed by atoms with Gasteiger partial charge in [0.2, 0.25) is 10.0 Å². The van der Waals surface area contributed by atoms with E-state index < -0.39 is 10.0 Å². The molecule has 1 fully saturated rings. The highest BCUT2D eigenvalue weighted by Crippen LogP contribution is 2.29. The van der Waals surface area contributed by atoms with Crippen LogP contribution in [0.2, 0.25) is 0 Å². The van der Waals surface area contributed by atoms with Crippen LogP contribution in [0.4, 0.5) is 5.82 Å². The fourth-order valence-electron chi connectivity index (χ4n) is 4.11. The van der Waals surface area contributed by atoms with Crippen molar-refractivity contribution in [1.29, 1.82) is 0 Å². The van der Waals surface area contributed by atoms with E-state index in [4.69, 9.17) is 4.74 Å². The number of methoxy groups -OCH3 is 1. The predicted molar refractivity (Wildman–Crippen MR) is 130 cm³/mol. The molecule has 0 bridgehead atoms. The van der Waals surface area contributed by atoms with Gasteiger partial charge in [-0.05, 0) is 80.3 Å². The number of nitrogens with zero attached hydrogens (tertiary/aromatic N) is 4. The highest BCUT2D eigenvalue weighted by Gasteiger charge is 2.30. The van der Waals surface area contributed by atoms with Crippen molar-refractivity contribution in [3.63, 3.8) is 0 Å². The monoisotopic (exact) mass is 466 g/mol. The van der Waals surface area contributed by atoms with Crippen LogP contribution in [0.25, 0.3) is 11.3 Å². The van der Waals surface area contributed by atoms with Gasteiger partial charge in [-0.2, -0.15) is 4.31 Å². The van der Waals surface area contributed by atoms with E-state index in [0.29, 0.717) is 42.4 Å². The van der Waals surface area contributed by atoms with Crippen molar-refractivity contribution >= 4 is 15.8 Å². The van der Waals surface area contributed by atoms with Gasteiger partial charge in [0, 0.05) is 31.7 Å². The van der Waals surface area contributed by atoms with Gasteiger partial charge in [0.15, 0.2) is 5.82 Å². The second-order valence-corrected chi connectivity index (χ2v) is 10.5. The summed E-state index contributed by atoms with van der Waals surface area (Å²) in [7, 11) is -1.99. The lowest BCUT2D eigenvalue weighted by molar-refractivity contribution is 0.382. The van der Waals surface area contributed by atoms with Crippen LogP contribution in [0.1, 0.15) is 22.3 Å². The predicted octanol–water partition coefficient (Wildman–Crippen LogP) is 3.90. The molecule has 0 amide bonds. The van der Waals surface area contributed by atoms with Crippen LogP contribution in [-0.2, 0) is 10.0 Å². The zero-order valence-electron chi connectivity index (χ0n) is 19.8. The number of hydrogen-bond acceptors (Lipinski definition) is 6. The number of anilines is 1. The maximum atomic E-state index is 13.3. The first-order chi connectivity index (χ1) is 15.7. The normalized spacial score (nSPS) is 15.0. The van der Waals surface area contributed by atoms with E-state index in [1.807, 2.05) is 19.1 Å². The first-order valence-corrected chi connectivity index (χ1v) is 12.5. The molecule has 2 heterocycles. The van der Waals surface area contributed by atoms with Crippen molar-refractivity contribution < 1.29 is 13.2 Å². The van der Waals surface area contributed by atoms with Gasteiger partial charge in [-0.15, -0.1) is 10.2 Å². The molecule has 0 radical (unpaired) electrons. The lowest BCUT2D eigenvalue weighted by Gasteiger charge is -2.34. The maximum absolute atomic E-state index is 13.3. The van der Waals surface area contributed by atoms with E-state index in [9.17, 15) is 8.42 Å². The first kappa shape index (κ1) is 23.2. The summed E-state index contributed by atoms with van der Waals surface area (Å²) in [6.45, 7) is 9.75. The first-order valence-electron chi connectivity index (χ1n) is 11.0. The van der Waals surface area contributed by atoms with Gasteiger partial charge in [-0.1, -0.05) is 12.1 Å². The highest BCUT2D eigenvalue weighted by atomic mass is 32.2. The zero-order valence-corrected chi connectivity index (χ0v) is 20.6. The molecule has 8 heteroatoms. The molecule has 0 spiro atoms. The summed E-state index contributed by atoms with van der Waals surface area (Å²) in [4.78, 5) is 2.42. The smallest absolute Gasteiger partial charge is 0.243 e. The van der Waals surface area contributed by atoms with Crippen LogP contribution in [0.5, 0.6) is 5.75 Å². The Morgan fingerprint density at radius 1 is 0.788 bits per heavy atom. The average Bonchev–Trinajstić information content (AvgIpc) is 2.82. The summed E-state index contributed by atoms with van der Waals surface area (Å²) >= 11 is 0. The van der Waals surface area contributed by atoms with Crippen molar-refractivity contribution in [2.45, 2.75) is 32.6 Å². The molecule has 0 aliphatic carbocycles. The molecular formula is C25H30N4O3S. The Labute approximate surface area is 196 Å². The second-order valence-electron chi connectivity index (χ2n) is 8.55. The summed E-state index contributed by atoms with van der Waals surface area (Å²) in [5, 5.41) is 8.83. The number of benzene rings is 2. The lowest BCUT2D eigenvalue weighted by atomic mass is 10.0. The summed E-state index contributed by atoms with van der Waals surface area (Å²) in [6.07, 6.45) is 0. The van der Waals surface area contributed by atoms with Crippen LogP contribution in [0.3, 0.4) is 0 Å². The molecule has 174 valence electrons. The van der Waals surface area contributed by atoms with Crippen molar-refractivity contribution in [1.82, 2.24) is 14.5 Å². The fourth-order valence-corrected chi connectivity index (χ4v) is 5.82. The van der Waals surface area contributed by atoms with E-state index in [2.05, 4.69) is 47.1 Å². The van der Waals surface area contributed by atoms with E-state index in [-0.39, 0.29) is 0 Å². The Morgan fingerprint density at radius 2 is 1.52 bits per heavy atom. The van der Waals surface area contributed by atoms with Gasteiger partial charge in [-0.3, -0.25) is 0 Å². The third kappa shape index (κ3) is 4.58. The van der Waals surface area contributed by atoms with E-state index in [1.165, 1.54) is 11.1 Å². The van der Waals surface area contributed by atoms with Crippen LogP contribution < -0.4 is 9.64 Å². The van der Waals surface area contributed by atoms with Crippen molar-refractivity contribution in [2.24, 2.45) is 0 Å². The third-order valence-corrected chi connectivity index (χ3v) is 8.37. The van der Waals surface area contributed by atoms with Gasteiger partial charge in [0.1, 0.15) is 5.75 Å². The molecule has 1 aliphatic rings. The Hall–Kier alpha value is -2.97. The maximum Gasteiger partial charge on any atom is 0.243 e. The Morgan fingerprint density at radius 3 is 2.12 bits per heavy atom. The molecule has 4 rings (SSSR count). The van der Waals surface area contributed by atoms with Crippen LogP contribution >= 0.6 is 0 Å². The Bertz CT molecular complexity index is 1270. The quantitative estimate of drug-likeness (QED) is 0.568. The van der Waals surface area contributed by atoms with Crippen LogP contribution in [0, 0.1) is 27.7 Å². The number of sulfonamides is 1. The number of hydrogen-bond donors (Lipinski definition) is 0. The van der Waals surface area contributed by atoms with Crippen molar-refractivity contribution in [3.05, 3.63) is 64.7 Å². The topological polar surface area (TPSA) is 75.6 Å². The molecule has 3 aromatic rings. The van der Waals surface area contributed by atoms with Crippen LogP contribution in [0.15, 0.2) is 47.4 Å². The molecule has 2 aromatic carbocycles. The van der Waals surface area contributed by atoms with Gasteiger partial charge >= 0.3 is 0 Å². The van der Waals surface area contributed by atoms with Gasteiger partial charge in [0.25, 0.3) is 0 Å². The average molecular weight is 467 g/mol. The summed E-state index contributed by atoms with van der Waals surface area (Å²) in [6, 6.07) is 13.7.